The van der Waals surface area contributed by atoms with Gasteiger partial charge in [0.15, 0.2) is 5.96 Å². The molecular formula is C16H24FN3OS. The second-order valence-corrected chi connectivity index (χ2v) is 6.73. The summed E-state index contributed by atoms with van der Waals surface area (Å²) >= 11 is 1.69. The summed E-state index contributed by atoms with van der Waals surface area (Å²) in [5, 5.41) is 6.59. The van der Waals surface area contributed by atoms with Gasteiger partial charge in [0.25, 0.3) is 0 Å². The van der Waals surface area contributed by atoms with Crippen LogP contribution in [0.3, 0.4) is 0 Å². The third kappa shape index (κ3) is 5.50. The standard InChI is InChI=1S/C16H24FN3OS/c1-16(8-3-10-21-16)12-20-15(18-2)19-9-11-22-14-6-4-13(17)5-7-14/h4-7H,3,8-12H2,1-2H3,(H2,18,19,20). The first-order chi connectivity index (χ1) is 10.6. The lowest BCUT2D eigenvalue weighted by atomic mass is 10.0. The van der Waals surface area contributed by atoms with Gasteiger partial charge in [-0.2, -0.15) is 0 Å². The van der Waals surface area contributed by atoms with E-state index in [1.165, 1.54) is 12.1 Å². The number of ether oxygens (including phenoxy) is 1. The highest BCUT2D eigenvalue weighted by Crippen LogP contribution is 2.23. The van der Waals surface area contributed by atoms with Gasteiger partial charge in [-0.1, -0.05) is 0 Å². The first-order valence-corrected chi connectivity index (χ1v) is 8.57. The predicted molar refractivity (Wildman–Crippen MR) is 90.1 cm³/mol. The number of aliphatic imine (C=N–C) groups is 1. The normalized spacial score (nSPS) is 21.9. The molecule has 6 heteroatoms. The second kappa shape index (κ2) is 8.39. The lowest BCUT2D eigenvalue weighted by Crippen LogP contribution is -2.46. The molecule has 0 aromatic heterocycles. The van der Waals surface area contributed by atoms with Crippen LogP contribution in [0, 0.1) is 5.82 Å². The van der Waals surface area contributed by atoms with Crippen molar-refractivity contribution in [2.24, 2.45) is 4.99 Å². The zero-order valence-corrected chi connectivity index (χ0v) is 14.0. The Kier molecular flexibility index (Phi) is 6.51. The summed E-state index contributed by atoms with van der Waals surface area (Å²) in [6.45, 7) is 4.53. The van der Waals surface area contributed by atoms with Crippen molar-refractivity contribution < 1.29 is 9.13 Å². The van der Waals surface area contributed by atoms with E-state index in [1.807, 2.05) is 0 Å². The average Bonchev–Trinajstić information content (AvgIpc) is 2.95. The highest BCUT2D eigenvalue weighted by atomic mass is 32.2. The predicted octanol–water partition coefficient (Wildman–Crippen LogP) is 2.65. The summed E-state index contributed by atoms with van der Waals surface area (Å²) < 4.78 is 18.6. The molecule has 0 spiro atoms. The van der Waals surface area contributed by atoms with Crippen LogP contribution in [-0.4, -0.2) is 44.1 Å². The van der Waals surface area contributed by atoms with E-state index < -0.39 is 0 Å². The Morgan fingerprint density at radius 2 is 2.14 bits per heavy atom. The summed E-state index contributed by atoms with van der Waals surface area (Å²) in [5.74, 6) is 1.48. The third-order valence-corrected chi connectivity index (χ3v) is 4.64. The average molecular weight is 325 g/mol. The van der Waals surface area contributed by atoms with Crippen LogP contribution < -0.4 is 10.6 Å². The third-order valence-electron chi connectivity index (χ3n) is 3.63. The molecule has 0 amide bonds. The zero-order valence-electron chi connectivity index (χ0n) is 13.2. The van der Waals surface area contributed by atoms with Gasteiger partial charge in [0, 0.05) is 37.4 Å². The SMILES string of the molecule is CN=C(NCCSc1ccc(F)cc1)NCC1(C)CCCO1. The van der Waals surface area contributed by atoms with Gasteiger partial charge in [-0.3, -0.25) is 4.99 Å². The van der Waals surface area contributed by atoms with E-state index in [9.17, 15) is 4.39 Å². The van der Waals surface area contributed by atoms with Crippen molar-refractivity contribution in [2.45, 2.75) is 30.3 Å². The van der Waals surface area contributed by atoms with Crippen molar-refractivity contribution in [3.63, 3.8) is 0 Å². The molecule has 22 heavy (non-hydrogen) atoms. The lowest BCUT2D eigenvalue weighted by molar-refractivity contribution is 0.0243. The minimum Gasteiger partial charge on any atom is -0.373 e. The molecule has 4 nitrogen and oxygen atoms in total. The number of hydrogen-bond donors (Lipinski definition) is 2. The number of benzene rings is 1. The number of nitrogens with zero attached hydrogens (tertiary/aromatic N) is 1. The van der Waals surface area contributed by atoms with Crippen LogP contribution >= 0.6 is 11.8 Å². The number of rotatable bonds is 6. The first-order valence-electron chi connectivity index (χ1n) is 7.58. The monoisotopic (exact) mass is 325 g/mol. The molecule has 1 unspecified atom stereocenters. The quantitative estimate of drug-likeness (QED) is 0.365. The first kappa shape index (κ1) is 17.1. The maximum Gasteiger partial charge on any atom is 0.191 e. The fourth-order valence-electron chi connectivity index (χ4n) is 2.34. The van der Waals surface area contributed by atoms with Gasteiger partial charge >= 0.3 is 0 Å². The van der Waals surface area contributed by atoms with Gasteiger partial charge in [0.1, 0.15) is 5.82 Å². The van der Waals surface area contributed by atoms with Crippen LogP contribution in [0.15, 0.2) is 34.2 Å². The fraction of sp³-hybridized carbons (Fsp3) is 0.562. The Bertz CT molecular complexity index is 487. The molecule has 0 bridgehead atoms. The summed E-state index contributed by atoms with van der Waals surface area (Å²) in [5.41, 5.74) is -0.0829. The van der Waals surface area contributed by atoms with Crippen molar-refractivity contribution >= 4 is 17.7 Å². The molecular weight excluding hydrogens is 301 g/mol. The van der Waals surface area contributed by atoms with Crippen LogP contribution in [0.4, 0.5) is 4.39 Å². The van der Waals surface area contributed by atoms with E-state index in [2.05, 4.69) is 22.5 Å². The van der Waals surface area contributed by atoms with Crippen molar-refractivity contribution in [3.8, 4) is 0 Å². The van der Waals surface area contributed by atoms with Crippen molar-refractivity contribution in [3.05, 3.63) is 30.1 Å². The molecule has 1 heterocycles. The molecule has 0 aliphatic carbocycles. The molecule has 0 saturated carbocycles. The highest BCUT2D eigenvalue weighted by Gasteiger charge is 2.29. The Morgan fingerprint density at radius 1 is 1.36 bits per heavy atom. The maximum absolute atomic E-state index is 12.8. The van der Waals surface area contributed by atoms with Crippen LogP contribution in [-0.2, 0) is 4.74 Å². The molecule has 1 fully saturated rings. The lowest BCUT2D eigenvalue weighted by Gasteiger charge is -2.24. The summed E-state index contributed by atoms with van der Waals surface area (Å²) in [7, 11) is 1.76. The number of halogens is 1. The Morgan fingerprint density at radius 3 is 2.77 bits per heavy atom. The zero-order chi connectivity index (χ0) is 15.8. The summed E-state index contributed by atoms with van der Waals surface area (Å²) in [6, 6.07) is 6.56. The molecule has 1 saturated heterocycles. The number of nitrogens with one attached hydrogen (secondary N) is 2. The molecule has 1 aromatic carbocycles. The van der Waals surface area contributed by atoms with E-state index in [0.717, 1.165) is 49.1 Å². The van der Waals surface area contributed by atoms with E-state index in [0.29, 0.717) is 0 Å². The van der Waals surface area contributed by atoms with Gasteiger partial charge in [0.2, 0.25) is 0 Å². The van der Waals surface area contributed by atoms with Gasteiger partial charge in [-0.15, -0.1) is 11.8 Å². The number of hydrogen-bond acceptors (Lipinski definition) is 3. The molecule has 2 rings (SSSR count). The fourth-order valence-corrected chi connectivity index (χ4v) is 3.11. The van der Waals surface area contributed by atoms with Crippen molar-refractivity contribution in [1.82, 2.24) is 10.6 Å². The molecule has 122 valence electrons. The molecule has 0 radical (unpaired) electrons. The molecule has 1 aliphatic rings. The molecule has 2 N–H and O–H groups in total. The smallest absolute Gasteiger partial charge is 0.191 e. The largest absolute Gasteiger partial charge is 0.373 e. The number of thioether (sulfide) groups is 1. The van der Waals surface area contributed by atoms with Gasteiger partial charge in [0.05, 0.1) is 5.60 Å². The van der Waals surface area contributed by atoms with Gasteiger partial charge < -0.3 is 15.4 Å². The Balaban J connectivity index is 1.65. The number of guanidine groups is 1. The van der Waals surface area contributed by atoms with Crippen LogP contribution in [0.1, 0.15) is 19.8 Å². The minimum atomic E-state index is -0.199. The summed E-state index contributed by atoms with van der Waals surface area (Å²) in [6.07, 6.45) is 2.20. The van der Waals surface area contributed by atoms with E-state index in [4.69, 9.17) is 4.74 Å². The van der Waals surface area contributed by atoms with Crippen molar-refractivity contribution in [2.75, 3.05) is 32.5 Å². The minimum absolute atomic E-state index is 0.0829. The maximum atomic E-state index is 12.8. The molecule has 1 aliphatic heterocycles. The van der Waals surface area contributed by atoms with Crippen molar-refractivity contribution in [1.29, 1.82) is 0 Å². The molecule has 1 atom stereocenters. The van der Waals surface area contributed by atoms with E-state index in [1.54, 1.807) is 30.9 Å². The highest BCUT2D eigenvalue weighted by molar-refractivity contribution is 7.99. The van der Waals surface area contributed by atoms with Crippen LogP contribution in [0.2, 0.25) is 0 Å². The Labute approximate surface area is 135 Å². The Hall–Kier alpha value is -1.27. The van der Waals surface area contributed by atoms with Gasteiger partial charge in [-0.05, 0) is 44.0 Å². The second-order valence-electron chi connectivity index (χ2n) is 5.56. The van der Waals surface area contributed by atoms with E-state index in [-0.39, 0.29) is 11.4 Å². The van der Waals surface area contributed by atoms with E-state index >= 15 is 0 Å². The summed E-state index contributed by atoms with van der Waals surface area (Å²) in [4.78, 5) is 5.28. The molecule has 1 aromatic rings. The van der Waals surface area contributed by atoms with Gasteiger partial charge in [-0.25, -0.2) is 4.39 Å². The van der Waals surface area contributed by atoms with Crippen LogP contribution in [0.25, 0.3) is 0 Å². The van der Waals surface area contributed by atoms with Crippen LogP contribution in [0.5, 0.6) is 0 Å². The topological polar surface area (TPSA) is 45.7 Å².